The molecule has 0 spiro atoms. The summed E-state index contributed by atoms with van der Waals surface area (Å²) in [6, 6.07) is 8.28. The third-order valence-corrected chi connectivity index (χ3v) is 4.55. The lowest BCUT2D eigenvalue weighted by Crippen LogP contribution is -2.35. The van der Waals surface area contributed by atoms with Gasteiger partial charge in [0, 0.05) is 19.0 Å². The lowest BCUT2D eigenvalue weighted by molar-refractivity contribution is 0.514. The van der Waals surface area contributed by atoms with Crippen molar-refractivity contribution in [3.05, 3.63) is 30.3 Å². The Labute approximate surface area is 113 Å². The average Bonchev–Trinajstić information content (AvgIpc) is 2.26. The van der Waals surface area contributed by atoms with E-state index in [1.807, 2.05) is 4.13 Å². The fourth-order valence-corrected chi connectivity index (χ4v) is 3.15. The molecule has 9 heteroatoms. The van der Waals surface area contributed by atoms with Gasteiger partial charge in [-0.25, -0.2) is 0 Å². The second-order valence-electron chi connectivity index (χ2n) is 2.94. The highest BCUT2D eigenvalue weighted by Crippen LogP contribution is 2.34. The van der Waals surface area contributed by atoms with Crippen molar-refractivity contribution in [2.45, 2.75) is 3.92 Å². The first-order valence-electron chi connectivity index (χ1n) is 4.28. The minimum Gasteiger partial charge on any atom is -0.260 e. The summed E-state index contributed by atoms with van der Waals surface area (Å²) in [5, 5.41) is 0. The molecule has 0 atom stereocenters. The van der Waals surface area contributed by atoms with Crippen molar-refractivity contribution in [3.8, 4) is 0 Å². The molecule has 17 heavy (non-hydrogen) atoms. The van der Waals surface area contributed by atoms with Gasteiger partial charge in [-0.15, -0.1) is 4.13 Å². The molecular formula is C8H9Cl2FN2O2S2. The van der Waals surface area contributed by atoms with Gasteiger partial charge in [0.2, 0.25) is 0 Å². The van der Waals surface area contributed by atoms with E-state index in [1.165, 1.54) is 7.05 Å². The maximum atomic E-state index is 12.7. The maximum absolute atomic E-state index is 12.7. The maximum Gasteiger partial charge on any atom is 0.319 e. The van der Waals surface area contributed by atoms with Crippen LogP contribution in [-0.4, -0.2) is 19.4 Å². The van der Waals surface area contributed by atoms with Gasteiger partial charge in [0.05, 0.1) is 5.69 Å². The third-order valence-electron chi connectivity index (χ3n) is 1.74. The molecule has 0 fully saturated rings. The minimum absolute atomic E-state index is 0.0481. The molecule has 0 bridgehead atoms. The summed E-state index contributed by atoms with van der Waals surface area (Å²) >= 11 is 10.1. The van der Waals surface area contributed by atoms with Gasteiger partial charge in [-0.2, -0.15) is 12.8 Å². The van der Waals surface area contributed by atoms with E-state index in [9.17, 15) is 12.8 Å². The number of benzene rings is 1. The van der Waals surface area contributed by atoms with Gasteiger partial charge in [0.15, 0.2) is 0 Å². The van der Waals surface area contributed by atoms with E-state index >= 15 is 0 Å². The second kappa shape index (κ2) is 5.62. The Morgan fingerprint density at radius 1 is 1.35 bits per heavy atom. The van der Waals surface area contributed by atoms with Gasteiger partial charge in [-0.1, -0.05) is 41.4 Å². The fraction of sp³-hybridized carbons (Fsp3) is 0.250. The lowest BCUT2D eigenvalue weighted by atomic mass is 10.3. The van der Waals surface area contributed by atoms with Crippen LogP contribution in [0.3, 0.4) is 0 Å². The van der Waals surface area contributed by atoms with Gasteiger partial charge >= 0.3 is 14.1 Å². The van der Waals surface area contributed by atoms with E-state index in [1.54, 1.807) is 30.3 Å². The molecule has 1 aromatic rings. The Morgan fingerprint density at radius 3 is 2.35 bits per heavy atom. The van der Waals surface area contributed by atoms with Gasteiger partial charge in [-0.05, 0) is 12.1 Å². The number of hydrogen-bond donors (Lipinski definition) is 1. The molecule has 1 aromatic carbocycles. The van der Waals surface area contributed by atoms with E-state index < -0.39 is 14.1 Å². The van der Waals surface area contributed by atoms with Gasteiger partial charge in [0.1, 0.15) is 0 Å². The van der Waals surface area contributed by atoms with E-state index in [-0.39, 0.29) is 11.9 Å². The van der Waals surface area contributed by atoms with Gasteiger partial charge < -0.3 is 0 Å². The Kier molecular flexibility index (Phi) is 4.91. The zero-order chi connectivity index (χ0) is 13.1. The van der Waals surface area contributed by atoms with Gasteiger partial charge in [-0.3, -0.25) is 4.31 Å². The molecule has 0 unspecified atom stereocenters. The molecule has 0 heterocycles. The zero-order valence-electron chi connectivity index (χ0n) is 8.60. The number of anilines is 1. The predicted octanol–water partition coefficient (Wildman–Crippen LogP) is 2.66. The first kappa shape index (κ1) is 14.8. The second-order valence-corrected chi connectivity index (χ2v) is 7.55. The number of hydrogen-bond acceptors (Lipinski definition) is 3. The van der Waals surface area contributed by atoms with Crippen LogP contribution in [0.5, 0.6) is 0 Å². The van der Waals surface area contributed by atoms with Crippen LogP contribution in [-0.2, 0) is 10.2 Å². The first-order chi connectivity index (χ1) is 7.72. The Bertz CT molecular complexity index is 464. The molecule has 96 valence electrons. The lowest BCUT2D eigenvalue weighted by Gasteiger charge is -2.20. The van der Waals surface area contributed by atoms with Crippen LogP contribution >= 0.6 is 35.1 Å². The Morgan fingerprint density at radius 2 is 1.88 bits per heavy atom. The zero-order valence-corrected chi connectivity index (χ0v) is 11.7. The Hall–Kier alpha value is -0.210. The first-order valence-corrected chi connectivity index (χ1v) is 7.29. The summed E-state index contributed by atoms with van der Waals surface area (Å²) in [5.74, 6) is 0. The smallest absolute Gasteiger partial charge is 0.260 e. The summed E-state index contributed by atoms with van der Waals surface area (Å²) in [6.07, 6.45) is 0. The van der Waals surface area contributed by atoms with Crippen LogP contribution in [0.2, 0.25) is 0 Å². The van der Waals surface area contributed by atoms with Crippen LogP contribution in [0.25, 0.3) is 0 Å². The van der Waals surface area contributed by atoms with Crippen molar-refractivity contribution in [3.63, 3.8) is 0 Å². The molecule has 0 aromatic heterocycles. The minimum atomic E-state index is -3.91. The van der Waals surface area contributed by atoms with E-state index in [4.69, 9.17) is 23.2 Å². The third kappa shape index (κ3) is 4.89. The summed E-state index contributed by atoms with van der Waals surface area (Å²) in [4.78, 5) is 0. The Balaban J connectivity index is 2.78. The van der Waals surface area contributed by atoms with E-state index in [2.05, 4.69) is 0 Å². The van der Waals surface area contributed by atoms with Crippen molar-refractivity contribution >= 4 is 51.0 Å². The average molecular weight is 319 g/mol. The van der Waals surface area contributed by atoms with Crippen LogP contribution < -0.4 is 8.43 Å². The molecule has 0 saturated carbocycles. The predicted molar refractivity (Wildman–Crippen MR) is 70.0 cm³/mol. The molecule has 4 nitrogen and oxygen atoms in total. The molecule has 0 aliphatic rings. The highest BCUT2D eigenvalue weighted by atomic mass is 35.5. The molecule has 0 saturated heterocycles. The summed E-state index contributed by atoms with van der Waals surface area (Å²) in [6.45, 7) is 0. The normalized spacial score (nSPS) is 12.5. The van der Waals surface area contributed by atoms with Crippen molar-refractivity contribution in [1.29, 1.82) is 0 Å². The van der Waals surface area contributed by atoms with E-state index in [0.29, 0.717) is 5.69 Å². The molecule has 0 amide bonds. The summed E-state index contributed by atoms with van der Waals surface area (Å²) < 4.78 is 36.2. The van der Waals surface area contributed by atoms with Crippen LogP contribution in [0.1, 0.15) is 0 Å². The monoisotopic (exact) mass is 318 g/mol. The van der Waals surface area contributed by atoms with Crippen LogP contribution in [0.4, 0.5) is 10.1 Å². The molecule has 0 aliphatic carbocycles. The number of alkyl halides is 3. The standard InChI is InChI=1S/C8H9Cl2FN2O2S2/c1-13(7-5-3-2-4-6-7)17(14,15)12-16-8(9,10)11/h2-6,12H,1H3. The number of rotatable bonds is 5. The van der Waals surface area contributed by atoms with E-state index in [0.717, 1.165) is 4.31 Å². The molecule has 0 radical (unpaired) electrons. The summed E-state index contributed by atoms with van der Waals surface area (Å²) in [5.41, 5.74) is 0.425. The summed E-state index contributed by atoms with van der Waals surface area (Å²) in [7, 11) is -2.59. The largest absolute Gasteiger partial charge is 0.319 e. The molecule has 0 aliphatic heterocycles. The number of halogens is 3. The van der Waals surface area contributed by atoms with Crippen molar-refractivity contribution in [2.24, 2.45) is 0 Å². The number of para-hydroxylation sites is 1. The highest BCUT2D eigenvalue weighted by molar-refractivity contribution is 8.11. The molecule has 1 N–H and O–H groups in total. The molecule has 1 rings (SSSR count). The van der Waals surface area contributed by atoms with Crippen LogP contribution in [0.15, 0.2) is 30.3 Å². The van der Waals surface area contributed by atoms with Gasteiger partial charge in [0.25, 0.3) is 0 Å². The quantitative estimate of drug-likeness (QED) is 0.670. The SMILES string of the molecule is CN(c1ccccc1)S(=O)(=O)NSC(F)(Cl)Cl. The van der Waals surface area contributed by atoms with Crippen molar-refractivity contribution < 1.29 is 12.8 Å². The molecular weight excluding hydrogens is 310 g/mol. The number of nitrogens with zero attached hydrogens (tertiary/aromatic N) is 1. The van der Waals surface area contributed by atoms with Crippen molar-refractivity contribution in [1.82, 2.24) is 4.13 Å². The van der Waals surface area contributed by atoms with Crippen molar-refractivity contribution in [2.75, 3.05) is 11.4 Å². The van der Waals surface area contributed by atoms with Crippen LogP contribution in [0, 0.1) is 0 Å². The topological polar surface area (TPSA) is 49.4 Å². The number of nitrogens with one attached hydrogen (secondary N) is 1. The highest BCUT2D eigenvalue weighted by Gasteiger charge is 2.28. The fourth-order valence-electron chi connectivity index (χ4n) is 0.932.